The molecule has 4 nitrogen and oxygen atoms in total. The molecule has 1 aromatic rings. The van der Waals surface area contributed by atoms with Crippen LogP contribution in [0.25, 0.3) is 0 Å². The molecule has 0 aliphatic heterocycles. The predicted molar refractivity (Wildman–Crippen MR) is 72.8 cm³/mol. The largest absolute Gasteiger partial charge is 0.494 e. The molecule has 1 amide bonds. The van der Waals surface area contributed by atoms with E-state index in [-0.39, 0.29) is 11.7 Å². The van der Waals surface area contributed by atoms with Crippen molar-refractivity contribution >= 4 is 5.91 Å². The molecule has 1 aromatic carbocycles. The van der Waals surface area contributed by atoms with Crippen LogP contribution in [0.2, 0.25) is 0 Å². The van der Waals surface area contributed by atoms with Crippen LogP contribution in [0.1, 0.15) is 30.1 Å². The van der Waals surface area contributed by atoms with Gasteiger partial charge in [-0.25, -0.2) is 4.39 Å². The Bertz CT molecular complexity index is 424. The summed E-state index contributed by atoms with van der Waals surface area (Å²) in [7, 11) is 1.38. The van der Waals surface area contributed by atoms with Crippen molar-refractivity contribution in [2.24, 2.45) is 5.73 Å². The van der Waals surface area contributed by atoms with Crippen molar-refractivity contribution in [3.63, 3.8) is 0 Å². The van der Waals surface area contributed by atoms with E-state index in [1.54, 1.807) is 4.90 Å². The van der Waals surface area contributed by atoms with E-state index in [0.29, 0.717) is 25.2 Å². The molecule has 2 N–H and O–H groups in total. The molecule has 19 heavy (non-hydrogen) atoms. The van der Waals surface area contributed by atoms with E-state index in [1.165, 1.54) is 25.3 Å². The van der Waals surface area contributed by atoms with Gasteiger partial charge in [-0.05, 0) is 37.6 Å². The van der Waals surface area contributed by atoms with Gasteiger partial charge in [0.2, 0.25) is 0 Å². The summed E-state index contributed by atoms with van der Waals surface area (Å²) in [4.78, 5) is 14.1. The first-order chi connectivity index (χ1) is 9.13. The lowest BCUT2D eigenvalue weighted by Gasteiger charge is -2.22. The summed E-state index contributed by atoms with van der Waals surface area (Å²) in [5.41, 5.74) is 5.90. The Hall–Kier alpha value is -1.62. The Kier molecular flexibility index (Phi) is 6.29. The molecule has 0 aliphatic rings. The highest BCUT2D eigenvalue weighted by molar-refractivity contribution is 5.94. The number of methoxy groups -OCH3 is 1. The molecule has 1 rings (SSSR count). The SMILES string of the molecule is CCCN(CCCN)C(=O)c1ccc(F)c(OC)c1. The zero-order chi connectivity index (χ0) is 14.3. The molecule has 106 valence electrons. The number of rotatable bonds is 7. The molecule has 0 unspecified atom stereocenters. The maximum Gasteiger partial charge on any atom is 0.253 e. The van der Waals surface area contributed by atoms with Crippen LogP contribution in [0.3, 0.4) is 0 Å². The van der Waals surface area contributed by atoms with E-state index < -0.39 is 5.82 Å². The normalized spacial score (nSPS) is 10.3. The monoisotopic (exact) mass is 268 g/mol. The smallest absolute Gasteiger partial charge is 0.253 e. The van der Waals surface area contributed by atoms with Gasteiger partial charge in [-0.3, -0.25) is 4.79 Å². The van der Waals surface area contributed by atoms with Gasteiger partial charge in [0.1, 0.15) is 0 Å². The fraction of sp³-hybridized carbons (Fsp3) is 0.500. The molecule has 0 radical (unpaired) electrons. The summed E-state index contributed by atoms with van der Waals surface area (Å²) >= 11 is 0. The highest BCUT2D eigenvalue weighted by Gasteiger charge is 2.16. The Labute approximate surface area is 113 Å². The van der Waals surface area contributed by atoms with Gasteiger partial charge >= 0.3 is 0 Å². The summed E-state index contributed by atoms with van der Waals surface area (Å²) in [5.74, 6) is -0.502. The average molecular weight is 268 g/mol. The molecule has 0 saturated heterocycles. The van der Waals surface area contributed by atoms with Crippen molar-refractivity contribution in [2.45, 2.75) is 19.8 Å². The van der Waals surface area contributed by atoms with Gasteiger partial charge in [0.05, 0.1) is 7.11 Å². The standard InChI is InChI=1S/C14H21FN2O2/c1-3-8-17(9-4-7-16)14(18)11-5-6-12(15)13(10-11)19-2/h5-6,10H,3-4,7-9,16H2,1-2H3. The Morgan fingerprint density at radius 2 is 2.16 bits per heavy atom. The lowest BCUT2D eigenvalue weighted by Crippen LogP contribution is -2.33. The molecular weight excluding hydrogens is 247 g/mol. The number of carbonyl (C=O) groups is 1. The molecule has 0 aromatic heterocycles. The Morgan fingerprint density at radius 1 is 1.42 bits per heavy atom. The molecule has 5 heteroatoms. The van der Waals surface area contributed by atoms with Crippen LogP contribution in [0.4, 0.5) is 4.39 Å². The molecule has 0 fully saturated rings. The van der Waals surface area contributed by atoms with E-state index in [1.807, 2.05) is 6.92 Å². The van der Waals surface area contributed by atoms with Gasteiger partial charge in [-0.2, -0.15) is 0 Å². The van der Waals surface area contributed by atoms with Gasteiger partial charge in [-0.15, -0.1) is 0 Å². The van der Waals surface area contributed by atoms with Gasteiger partial charge in [-0.1, -0.05) is 6.92 Å². The number of nitrogens with zero attached hydrogens (tertiary/aromatic N) is 1. The number of halogens is 1. The van der Waals surface area contributed by atoms with Gasteiger partial charge in [0.25, 0.3) is 5.91 Å². The van der Waals surface area contributed by atoms with Crippen molar-refractivity contribution in [1.29, 1.82) is 0 Å². The third kappa shape index (κ3) is 4.21. The van der Waals surface area contributed by atoms with Crippen LogP contribution in [0, 0.1) is 5.82 Å². The first-order valence-electron chi connectivity index (χ1n) is 6.46. The fourth-order valence-electron chi connectivity index (χ4n) is 1.84. The Balaban J connectivity index is 2.88. The van der Waals surface area contributed by atoms with Crippen molar-refractivity contribution in [2.75, 3.05) is 26.7 Å². The van der Waals surface area contributed by atoms with Crippen LogP contribution >= 0.6 is 0 Å². The molecule has 0 heterocycles. The number of nitrogens with two attached hydrogens (primary N) is 1. The van der Waals surface area contributed by atoms with Crippen LogP contribution < -0.4 is 10.5 Å². The quantitative estimate of drug-likeness (QED) is 0.823. The first-order valence-corrected chi connectivity index (χ1v) is 6.46. The van der Waals surface area contributed by atoms with E-state index in [0.717, 1.165) is 12.8 Å². The maximum atomic E-state index is 13.3. The number of benzene rings is 1. The third-order valence-corrected chi connectivity index (χ3v) is 2.81. The van der Waals surface area contributed by atoms with Gasteiger partial charge in [0, 0.05) is 18.7 Å². The minimum atomic E-state index is -0.469. The van der Waals surface area contributed by atoms with Crippen molar-refractivity contribution < 1.29 is 13.9 Å². The highest BCUT2D eigenvalue weighted by Crippen LogP contribution is 2.19. The van der Waals surface area contributed by atoms with E-state index in [9.17, 15) is 9.18 Å². The van der Waals surface area contributed by atoms with Crippen molar-refractivity contribution in [1.82, 2.24) is 4.90 Å². The predicted octanol–water partition coefficient (Wildman–Crippen LogP) is 2.04. The topological polar surface area (TPSA) is 55.6 Å². The summed E-state index contributed by atoms with van der Waals surface area (Å²) in [6.45, 7) is 3.83. The second-order valence-electron chi connectivity index (χ2n) is 4.28. The van der Waals surface area contributed by atoms with E-state index >= 15 is 0 Å². The van der Waals surface area contributed by atoms with Gasteiger partial charge in [0.15, 0.2) is 11.6 Å². The van der Waals surface area contributed by atoms with Crippen molar-refractivity contribution in [3.8, 4) is 5.75 Å². The lowest BCUT2D eigenvalue weighted by molar-refractivity contribution is 0.0754. The zero-order valence-electron chi connectivity index (χ0n) is 11.5. The lowest BCUT2D eigenvalue weighted by atomic mass is 10.1. The summed E-state index contributed by atoms with van der Waals surface area (Å²) in [6, 6.07) is 4.16. The van der Waals surface area contributed by atoms with Crippen LogP contribution in [0.15, 0.2) is 18.2 Å². The highest BCUT2D eigenvalue weighted by atomic mass is 19.1. The average Bonchev–Trinajstić information content (AvgIpc) is 2.43. The van der Waals surface area contributed by atoms with E-state index in [2.05, 4.69) is 0 Å². The summed E-state index contributed by atoms with van der Waals surface area (Å²) < 4.78 is 18.2. The second-order valence-corrected chi connectivity index (χ2v) is 4.28. The first kappa shape index (κ1) is 15.4. The number of hydrogen-bond donors (Lipinski definition) is 1. The van der Waals surface area contributed by atoms with Crippen LogP contribution in [-0.2, 0) is 0 Å². The fourth-order valence-corrected chi connectivity index (χ4v) is 1.84. The zero-order valence-corrected chi connectivity index (χ0v) is 11.5. The summed E-state index contributed by atoms with van der Waals surface area (Å²) in [5, 5.41) is 0. The Morgan fingerprint density at radius 3 is 2.74 bits per heavy atom. The van der Waals surface area contributed by atoms with Crippen LogP contribution in [-0.4, -0.2) is 37.6 Å². The summed E-state index contributed by atoms with van der Waals surface area (Å²) in [6.07, 6.45) is 1.62. The molecular formula is C14H21FN2O2. The van der Waals surface area contributed by atoms with Crippen LogP contribution in [0.5, 0.6) is 5.75 Å². The third-order valence-electron chi connectivity index (χ3n) is 2.81. The molecule has 0 spiro atoms. The molecule has 0 bridgehead atoms. The van der Waals surface area contributed by atoms with Crippen molar-refractivity contribution in [3.05, 3.63) is 29.6 Å². The number of amides is 1. The number of carbonyl (C=O) groups excluding carboxylic acids is 1. The number of hydrogen-bond acceptors (Lipinski definition) is 3. The molecule has 0 aliphatic carbocycles. The molecule has 0 atom stereocenters. The minimum Gasteiger partial charge on any atom is -0.494 e. The van der Waals surface area contributed by atoms with Gasteiger partial charge < -0.3 is 15.4 Å². The second kappa shape index (κ2) is 7.74. The maximum absolute atomic E-state index is 13.3. The number of ether oxygens (including phenoxy) is 1. The molecule has 0 saturated carbocycles. The minimum absolute atomic E-state index is 0.0844. The van der Waals surface area contributed by atoms with E-state index in [4.69, 9.17) is 10.5 Å².